The molecule has 88 valence electrons. The predicted molar refractivity (Wildman–Crippen MR) is 50.6 cm³/mol. The van der Waals surface area contributed by atoms with Crippen LogP contribution in [0.25, 0.3) is 0 Å². The van der Waals surface area contributed by atoms with Crippen LogP contribution in [0.2, 0.25) is 0 Å². The van der Waals surface area contributed by atoms with E-state index in [1.54, 1.807) is 6.07 Å². The van der Waals surface area contributed by atoms with E-state index in [0.29, 0.717) is 19.4 Å². The number of nitrogens with one attached hydrogen (secondary N) is 1. The summed E-state index contributed by atoms with van der Waals surface area (Å²) in [4.78, 5) is 23.4. The maximum absolute atomic E-state index is 11.7. The highest BCUT2D eigenvalue weighted by atomic mass is 19.2. The van der Waals surface area contributed by atoms with Crippen molar-refractivity contribution in [2.45, 2.75) is 25.4 Å². The molecule has 0 aromatic carbocycles. The first kappa shape index (κ1) is 12.2. The second kappa shape index (κ2) is 5.90. The van der Waals surface area contributed by atoms with Crippen molar-refractivity contribution in [2.75, 3.05) is 13.1 Å². The number of hydrogen-bond donors (Lipinski definition) is 1. The number of carbonyl (C=O) groups is 2. The van der Waals surface area contributed by atoms with Crippen molar-refractivity contribution in [3.63, 3.8) is 0 Å². The summed E-state index contributed by atoms with van der Waals surface area (Å²) in [5.41, 5.74) is 0.865. The van der Waals surface area contributed by atoms with Gasteiger partial charge in [-0.25, -0.2) is 4.79 Å². The number of likely N-dealkylation sites (tertiary alicyclic amines) is 1. The zero-order valence-corrected chi connectivity index (χ0v) is 8.61. The molecular weight excluding hydrogens is 217 g/mol. The van der Waals surface area contributed by atoms with Gasteiger partial charge in [-0.05, 0) is 12.8 Å². The molecule has 0 radical (unpaired) electrons. The number of amides is 2. The van der Waals surface area contributed by atoms with Gasteiger partial charge < -0.3 is 9.64 Å². The molecule has 0 aromatic rings. The molecule has 6 nitrogen and oxygen atoms in total. The number of piperidine rings is 1. The Kier molecular flexibility index (Phi) is 4.51. The van der Waals surface area contributed by atoms with Gasteiger partial charge in [0.15, 0.2) is 0 Å². The molecule has 0 aliphatic carbocycles. The molecule has 1 fully saturated rings. The lowest BCUT2D eigenvalue weighted by atomic mass is 10.1. The van der Waals surface area contributed by atoms with Gasteiger partial charge in [0.2, 0.25) is 5.91 Å². The maximum atomic E-state index is 11.7. The standard InChI is InChI=1S/C9H12FN3O3/c10-12-9(15)16-7-2-1-5-13(6-7)8(14)3-4-11/h7H,1-3,5-6H2,(H,12,15)/t7-/m0/s1. The third-order valence-electron chi connectivity index (χ3n) is 2.31. The van der Waals surface area contributed by atoms with Gasteiger partial charge in [-0.1, -0.05) is 4.48 Å². The smallest absolute Gasteiger partial charge is 0.435 e. The van der Waals surface area contributed by atoms with Crippen molar-refractivity contribution in [3.05, 3.63) is 0 Å². The van der Waals surface area contributed by atoms with E-state index in [4.69, 9.17) is 10.00 Å². The zero-order valence-electron chi connectivity index (χ0n) is 8.61. The molecule has 1 atom stereocenters. The minimum atomic E-state index is -1.15. The van der Waals surface area contributed by atoms with Gasteiger partial charge >= 0.3 is 6.09 Å². The molecule has 1 heterocycles. The number of rotatable bonds is 2. The van der Waals surface area contributed by atoms with Crippen molar-refractivity contribution in [3.8, 4) is 6.07 Å². The van der Waals surface area contributed by atoms with Crippen molar-refractivity contribution in [2.24, 2.45) is 0 Å². The Morgan fingerprint density at radius 2 is 2.38 bits per heavy atom. The van der Waals surface area contributed by atoms with Crippen LogP contribution in [-0.4, -0.2) is 36.1 Å². The highest BCUT2D eigenvalue weighted by Gasteiger charge is 2.25. The Balaban J connectivity index is 2.44. The van der Waals surface area contributed by atoms with Gasteiger partial charge in [0.05, 0.1) is 12.6 Å². The largest absolute Gasteiger partial charge is 0.443 e. The molecular formula is C9H12FN3O3. The van der Waals surface area contributed by atoms with Crippen LogP contribution in [0, 0.1) is 11.3 Å². The van der Waals surface area contributed by atoms with Gasteiger partial charge in [0.25, 0.3) is 0 Å². The molecule has 0 aromatic heterocycles. The second-order valence-corrected chi connectivity index (χ2v) is 3.44. The fraction of sp³-hybridized carbons (Fsp3) is 0.667. The molecule has 1 N–H and O–H groups in total. The second-order valence-electron chi connectivity index (χ2n) is 3.44. The lowest BCUT2D eigenvalue weighted by Crippen LogP contribution is -2.44. The van der Waals surface area contributed by atoms with E-state index in [1.807, 2.05) is 0 Å². The summed E-state index contributed by atoms with van der Waals surface area (Å²) in [6.07, 6.45) is -0.598. The molecule has 0 saturated carbocycles. The predicted octanol–water partition coefficient (Wildman–Crippen LogP) is 0.502. The Morgan fingerprint density at radius 1 is 1.62 bits per heavy atom. The van der Waals surface area contributed by atoms with Crippen LogP contribution in [-0.2, 0) is 9.53 Å². The third kappa shape index (κ3) is 3.38. The van der Waals surface area contributed by atoms with Crippen LogP contribution in [0.1, 0.15) is 19.3 Å². The number of ether oxygens (including phenoxy) is 1. The van der Waals surface area contributed by atoms with Crippen LogP contribution in [0.3, 0.4) is 0 Å². The fourth-order valence-corrected chi connectivity index (χ4v) is 1.61. The number of carbonyl (C=O) groups excluding carboxylic acids is 2. The normalized spacial score (nSPS) is 19.8. The van der Waals surface area contributed by atoms with E-state index in [-0.39, 0.29) is 18.9 Å². The Morgan fingerprint density at radius 3 is 3.00 bits per heavy atom. The molecule has 1 aliphatic heterocycles. The molecule has 0 bridgehead atoms. The summed E-state index contributed by atoms with van der Waals surface area (Å²) < 4.78 is 16.4. The Labute approximate surface area is 91.9 Å². The van der Waals surface area contributed by atoms with E-state index in [9.17, 15) is 14.1 Å². The minimum absolute atomic E-state index is 0.192. The minimum Gasteiger partial charge on any atom is -0.443 e. The number of nitrogens with zero attached hydrogens (tertiary/aromatic N) is 2. The molecule has 7 heteroatoms. The van der Waals surface area contributed by atoms with Gasteiger partial charge in [-0.2, -0.15) is 10.8 Å². The van der Waals surface area contributed by atoms with E-state index in [0.717, 1.165) is 5.54 Å². The third-order valence-corrected chi connectivity index (χ3v) is 2.31. The van der Waals surface area contributed by atoms with Gasteiger partial charge in [-0.15, -0.1) is 0 Å². The topological polar surface area (TPSA) is 82.4 Å². The van der Waals surface area contributed by atoms with E-state index in [2.05, 4.69) is 0 Å². The Hall–Kier alpha value is -1.84. The summed E-state index contributed by atoms with van der Waals surface area (Å²) in [5.74, 6) is -0.295. The molecule has 1 saturated heterocycles. The number of nitriles is 1. The Bertz CT molecular complexity index is 316. The van der Waals surface area contributed by atoms with E-state index < -0.39 is 12.2 Å². The van der Waals surface area contributed by atoms with Crippen LogP contribution in [0.5, 0.6) is 0 Å². The quantitative estimate of drug-likeness (QED) is 0.699. The molecule has 2 amide bonds. The van der Waals surface area contributed by atoms with Crippen molar-refractivity contribution < 1.29 is 18.8 Å². The van der Waals surface area contributed by atoms with Crippen LogP contribution >= 0.6 is 0 Å². The SMILES string of the molecule is N#CCC(=O)N1CCC[C@H](OC(=O)NF)C1. The molecule has 0 spiro atoms. The summed E-state index contributed by atoms with van der Waals surface area (Å²) in [6.45, 7) is 0.756. The molecule has 16 heavy (non-hydrogen) atoms. The average molecular weight is 229 g/mol. The van der Waals surface area contributed by atoms with Gasteiger partial charge in [0.1, 0.15) is 12.5 Å². The van der Waals surface area contributed by atoms with Crippen molar-refractivity contribution in [1.82, 2.24) is 10.4 Å². The summed E-state index contributed by atoms with van der Waals surface area (Å²) in [5, 5.41) is 8.37. The fourth-order valence-electron chi connectivity index (χ4n) is 1.61. The first-order valence-electron chi connectivity index (χ1n) is 4.89. The highest BCUT2D eigenvalue weighted by molar-refractivity contribution is 5.78. The monoisotopic (exact) mass is 229 g/mol. The summed E-state index contributed by atoms with van der Waals surface area (Å²) >= 11 is 0. The van der Waals surface area contributed by atoms with Crippen LogP contribution in [0.4, 0.5) is 9.28 Å². The average Bonchev–Trinajstić information content (AvgIpc) is 2.29. The van der Waals surface area contributed by atoms with Crippen LogP contribution in [0.15, 0.2) is 0 Å². The van der Waals surface area contributed by atoms with Crippen molar-refractivity contribution in [1.29, 1.82) is 5.26 Å². The van der Waals surface area contributed by atoms with Crippen molar-refractivity contribution >= 4 is 12.0 Å². The first-order chi connectivity index (χ1) is 7.67. The zero-order chi connectivity index (χ0) is 12.0. The van der Waals surface area contributed by atoms with Gasteiger partial charge in [0, 0.05) is 6.54 Å². The highest BCUT2D eigenvalue weighted by Crippen LogP contribution is 2.14. The number of halogens is 1. The summed E-state index contributed by atoms with van der Waals surface area (Å²) in [6, 6.07) is 1.76. The molecule has 1 rings (SSSR count). The molecule has 0 unspecified atom stereocenters. The van der Waals surface area contributed by atoms with E-state index >= 15 is 0 Å². The lowest BCUT2D eigenvalue weighted by Gasteiger charge is -2.31. The first-order valence-corrected chi connectivity index (χ1v) is 4.89. The van der Waals surface area contributed by atoms with Crippen LogP contribution < -0.4 is 5.54 Å². The lowest BCUT2D eigenvalue weighted by molar-refractivity contribution is -0.133. The number of hydrogen-bond acceptors (Lipinski definition) is 4. The van der Waals surface area contributed by atoms with Gasteiger partial charge in [-0.3, -0.25) is 4.79 Å². The van der Waals surface area contributed by atoms with E-state index in [1.165, 1.54) is 4.90 Å². The maximum Gasteiger partial charge on any atom is 0.435 e. The summed E-state index contributed by atoms with van der Waals surface area (Å²) in [7, 11) is 0. The molecule has 1 aliphatic rings.